The van der Waals surface area contributed by atoms with Gasteiger partial charge in [0.15, 0.2) is 6.10 Å². The van der Waals surface area contributed by atoms with Gasteiger partial charge in [-0.15, -0.1) is 0 Å². The highest BCUT2D eigenvalue weighted by atomic mass is 16.6. The highest BCUT2D eigenvalue weighted by Gasteiger charge is 2.19. The topological polar surface area (TPSA) is 78.9 Å². The molecule has 0 bridgehead atoms. The van der Waals surface area contributed by atoms with Crippen molar-refractivity contribution < 1.29 is 28.6 Å². The van der Waals surface area contributed by atoms with Gasteiger partial charge in [0.25, 0.3) is 0 Å². The number of carbonyl (C=O) groups excluding carboxylic acids is 3. The predicted molar refractivity (Wildman–Crippen MR) is 316 cm³/mol. The van der Waals surface area contributed by atoms with Gasteiger partial charge in [-0.25, -0.2) is 0 Å². The molecule has 416 valence electrons. The molecule has 0 rings (SSSR count). The Bertz CT molecular complexity index is 1490. The van der Waals surface area contributed by atoms with Crippen LogP contribution >= 0.6 is 0 Å². The summed E-state index contributed by atoms with van der Waals surface area (Å²) >= 11 is 0. The molecule has 0 aliphatic heterocycles. The number of ether oxygens (including phenoxy) is 3. The number of unbranched alkanes of at least 4 members (excludes halogenated alkanes) is 25. The van der Waals surface area contributed by atoms with Crippen LogP contribution < -0.4 is 0 Å². The molecule has 0 spiro atoms. The molecule has 0 aromatic rings. The molecule has 6 heteroatoms. The molecule has 0 saturated carbocycles. The number of hydrogen-bond acceptors (Lipinski definition) is 6. The largest absolute Gasteiger partial charge is 0.462 e. The third kappa shape index (κ3) is 58.8. The Morgan fingerprint density at radius 3 is 0.849 bits per heavy atom. The number of allylic oxidation sites excluding steroid dienone is 18. The Morgan fingerprint density at radius 1 is 0.288 bits per heavy atom. The summed E-state index contributed by atoms with van der Waals surface area (Å²) in [4.78, 5) is 38.2. The molecule has 6 nitrogen and oxygen atoms in total. The molecular weight excluding hydrogens is 901 g/mol. The van der Waals surface area contributed by atoms with Gasteiger partial charge in [-0.3, -0.25) is 14.4 Å². The Morgan fingerprint density at radius 2 is 0.534 bits per heavy atom. The van der Waals surface area contributed by atoms with E-state index in [-0.39, 0.29) is 31.1 Å². The first-order valence-corrected chi connectivity index (χ1v) is 30.4. The van der Waals surface area contributed by atoms with E-state index in [0.29, 0.717) is 19.3 Å². The minimum Gasteiger partial charge on any atom is -0.462 e. The van der Waals surface area contributed by atoms with Crippen molar-refractivity contribution >= 4 is 17.9 Å². The highest BCUT2D eigenvalue weighted by molar-refractivity contribution is 5.71. The number of hydrogen-bond donors (Lipinski definition) is 0. The molecule has 0 saturated heterocycles. The van der Waals surface area contributed by atoms with Crippen LogP contribution in [0.3, 0.4) is 0 Å². The van der Waals surface area contributed by atoms with Crippen LogP contribution in [0.2, 0.25) is 0 Å². The second kappa shape index (κ2) is 60.6. The van der Waals surface area contributed by atoms with E-state index in [0.717, 1.165) is 135 Å². The maximum atomic E-state index is 12.9. The summed E-state index contributed by atoms with van der Waals surface area (Å²) in [5.74, 6) is -0.944. The molecule has 73 heavy (non-hydrogen) atoms. The first-order valence-electron chi connectivity index (χ1n) is 30.4. The Balaban J connectivity index is 4.31. The van der Waals surface area contributed by atoms with Crippen LogP contribution in [0.5, 0.6) is 0 Å². The first kappa shape index (κ1) is 69.1. The molecule has 0 amide bonds. The van der Waals surface area contributed by atoms with Crippen molar-refractivity contribution in [3.8, 4) is 0 Å². The van der Waals surface area contributed by atoms with E-state index < -0.39 is 6.10 Å². The summed E-state index contributed by atoms with van der Waals surface area (Å²) in [6, 6.07) is 0. The van der Waals surface area contributed by atoms with Gasteiger partial charge in [-0.2, -0.15) is 0 Å². The molecular formula is C67H112O6. The van der Waals surface area contributed by atoms with E-state index in [4.69, 9.17) is 14.2 Å². The van der Waals surface area contributed by atoms with Crippen molar-refractivity contribution in [1.82, 2.24) is 0 Å². The summed E-state index contributed by atoms with van der Waals surface area (Å²) in [7, 11) is 0. The fourth-order valence-corrected chi connectivity index (χ4v) is 8.24. The fourth-order valence-electron chi connectivity index (χ4n) is 8.24. The summed E-state index contributed by atoms with van der Waals surface area (Å²) in [5, 5.41) is 0. The number of esters is 3. The molecule has 0 radical (unpaired) electrons. The van der Waals surface area contributed by atoms with E-state index >= 15 is 0 Å². The maximum absolute atomic E-state index is 12.9. The van der Waals surface area contributed by atoms with Gasteiger partial charge >= 0.3 is 17.9 Å². The molecule has 0 aromatic heterocycles. The SMILES string of the molecule is CC/C=C\C/C=C\C/C=C\CCCCCCCC(=O)OC(COC(=O)CCCCC/C=C\C/C=C\C/C=C\CC)COC(=O)CCCCCCCCCCCCCC/C=C\C/C=C\C/C=C\CCCCCCC. The molecule has 0 N–H and O–H groups in total. The Hall–Kier alpha value is -3.93. The smallest absolute Gasteiger partial charge is 0.306 e. The van der Waals surface area contributed by atoms with E-state index in [1.54, 1.807) is 0 Å². The van der Waals surface area contributed by atoms with E-state index in [2.05, 4.69) is 130 Å². The molecule has 1 unspecified atom stereocenters. The fraction of sp³-hybridized carbons (Fsp3) is 0.687. The van der Waals surface area contributed by atoms with Gasteiger partial charge in [0.05, 0.1) is 0 Å². The van der Waals surface area contributed by atoms with Crippen LogP contribution in [0.4, 0.5) is 0 Å². The molecule has 0 aromatic carbocycles. The number of rotatable bonds is 54. The summed E-state index contributed by atoms with van der Waals surface area (Å²) < 4.78 is 16.8. The second-order valence-electron chi connectivity index (χ2n) is 19.8. The van der Waals surface area contributed by atoms with Crippen molar-refractivity contribution in [3.63, 3.8) is 0 Å². The zero-order valence-electron chi connectivity index (χ0n) is 47.6. The summed E-state index contributed by atoms with van der Waals surface area (Å²) in [6.07, 6.45) is 82.4. The molecule has 0 heterocycles. The van der Waals surface area contributed by atoms with Gasteiger partial charge in [0.2, 0.25) is 0 Å². The first-order chi connectivity index (χ1) is 36.0. The van der Waals surface area contributed by atoms with Crippen molar-refractivity contribution in [3.05, 3.63) is 109 Å². The third-order valence-electron chi connectivity index (χ3n) is 12.7. The molecule has 0 aliphatic rings. The average Bonchev–Trinajstić information content (AvgIpc) is 3.39. The zero-order chi connectivity index (χ0) is 52.9. The van der Waals surface area contributed by atoms with Crippen molar-refractivity contribution in [2.24, 2.45) is 0 Å². The minimum atomic E-state index is -0.802. The van der Waals surface area contributed by atoms with Crippen LogP contribution in [0.15, 0.2) is 109 Å². The standard InChI is InChI=1S/C67H112O6/c1-4-7-10-13-16-19-22-25-27-28-29-30-31-32-33-34-35-36-37-38-40-42-45-48-51-54-57-60-66(69)72-63-64(62-71-65(68)59-56-53-50-47-44-41-24-21-18-15-12-9-6-3)73-67(70)61-58-55-52-49-46-43-39-26-23-20-17-14-11-8-5-2/h8-9,11-12,17-18,20-22,25-26,28-29,31-32,39,41,44,64H,4-7,10,13-16,19,23-24,27,30,33-38,40,42-43,45-63H2,1-3H3/b11-8-,12-9-,20-17-,21-18-,25-22-,29-28-,32-31-,39-26-,44-41-. The second-order valence-corrected chi connectivity index (χ2v) is 19.8. The van der Waals surface area contributed by atoms with E-state index in [1.807, 2.05) is 0 Å². The van der Waals surface area contributed by atoms with Crippen molar-refractivity contribution in [2.75, 3.05) is 13.2 Å². The monoisotopic (exact) mass is 1010 g/mol. The zero-order valence-corrected chi connectivity index (χ0v) is 47.6. The normalized spacial score (nSPS) is 12.9. The quantitative estimate of drug-likeness (QED) is 0.0261. The van der Waals surface area contributed by atoms with Crippen molar-refractivity contribution in [1.29, 1.82) is 0 Å². The van der Waals surface area contributed by atoms with E-state index in [9.17, 15) is 14.4 Å². The average molecular weight is 1010 g/mol. The van der Waals surface area contributed by atoms with Gasteiger partial charge in [-0.05, 0) is 122 Å². The van der Waals surface area contributed by atoms with E-state index in [1.165, 1.54) is 103 Å². The maximum Gasteiger partial charge on any atom is 0.306 e. The Kier molecular flexibility index (Phi) is 57.4. The predicted octanol–water partition coefficient (Wildman–Crippen LogP) is 20.7. The lowest BCUT2D eigenvalue weighted by Gasteiger charge is -2.18. The van der Waals surface area contributed by atoms with Crippen LogP contribution in [-0.4, -0.2) is 37.2 Å². The van der Waals surface area contributed by atoms with Gasteiger partial charge in [0, 0.05) is 19.3 Å². The Labute approximate surface area is 450 Å². The van der Waals surface area contributed by atoms with Crippen molar-refractivity contribution in [2.45, 2.75) is 284 Å². The minimum absolute atomic E-state index is 0.0965. The lowest BCUT2D eigenvalue weighted by molar-refractivity contribution is -0.167. The molecule has 0 fully saturated rings. The summed E-state index contributed by atoms with van der Waals surface area (Å²) in [6.45, 7) is 6.37. The lowest BCUT2D eigenvalue weighted by atomic mass is 10.0. The van der Waals surface area contributed by atoms with Crippen LogP contribution in [0.1, 0.15) is 278 Å². The lowest BCUT2D eigenvalue weighted by Crippen LogP contribution is -2.30. The van der Waals surface area contributed by atoms with Crippen LogP contribution in [-0.2, 0) is 28.6 Å². The summed E-state index contributed by atoms with van der Waals surface area (Å²) in [5.41, 5.74) is 0. The van der Waals surface area contributed by atoms with Gasteiger partial charge in [-0.1, -0.05) is 246 Å². The highest BCUT2D eigenvalue weighted by Crippen LogP contribution is 2.15. The van der Waals surface area contributed by atoms with Crippen LogP contribution in [0.25, 0.3) is 0 Å². The van der Waals surface area contributed by atoms with Crippen LogP contribution in [0, 0.1) is 0 Å². The molecule has 0 aliphatic carbocycles. The van der Waals surface area contributed by atoms with Gasteiger partial charge < -0.3 is 14.2 Å². The molecule has 1 atom stereocenters. The third-order valence-corrected chi connectivity index (χ3v) is 12.7. The number of carbonyl (C=O) groups is 3. The van der Waals surface area contributed by atoms with Gasteiger partial charge in [0.1, 0.15) is 13.2 Å².